The molecule has 25 heavy (non-hydrogen) atoms. The van der Waals surface area contributed by atoms with E-state index in [1.165, 1.54) is 12.8 Å². The van der Waals surface area contributed by atoms with Gasteiger partial charge in [-0.1, -0.05) is 0 Å². The zero-order chi connectivity index (χ0) is 17.2. The fourth-order valence-corrected chi connectivity index (χ4v) is 3.68. The minimum atomic E-state index is 0.168. The Hall–Kier alpha value is -2.34. The summed E-state index contributed by atoms with van der Waals surface area (Å²) in [6.07, 6.45) is 7.30. The van der Waals surface area contributed by atoms with Crippen molar-refractivity contribution in [2.75, 3.05) is 31.1 Å². The van der Waals surface area contributed by atoms with E-state index in [9.17, 15) is 4.79 Å². The normalized spacial score (nSPS) is 17.8. The average Bonchev–Trinajstić information content (AvgIpc) is 3.15. The second-order valence-electron chi connectivity index (χ2n) is 6.77. The molecule has 0 spiro atoms. The molecule has 2 aliphatic heterocycles. The molecule has 0 aromatic carbocycles. The maximum Gasteiger partial charge on any atom is 0.228 e. The van der Waals surface area contributed by atoms with Gasteiger partial charge >= 0.3 is 0 Å². The second kappa shape index (κ2) is 6.88. The number of fused-ring (bicyclic) bond motifs is 1. The minimum Gasteiger partial charge on any atom is -0.302 e. The Labute approximate surface area is 147 Å². The highest BCUT2D eigenvalue weighted by molar-refractivity contribution is 5.95. The third kappa shape index (κ3) is 3.26. The highest BCUT2D eigenvalue weighted by Crippen LogP contribution is 2.30. The number of amides is 1. The van der Waals surface area contributed by atoms with Gasteiger partial charge < -0.3 is 4.90 Å². The second-order valence-corrected chi connectivity index (χ2v) is 6.77. The van der Waals surface area contributed by atoms with Gasteiger partial charge in [0.15, 0.2) is 5.82 Å². The topological polar surface area (TPSA) is 62.2 Å². The largest absolute Gasteiger partial charge is 0.302 e. The molecule has 0 saturated carbocycles. The Morgan fingerprint density at radius 1 is 1.12 bits per heavy atom. The first-order valence-corrected chi connectivity index (χ1v) is 9.03. The smallest absolute Gasteiger partial charge is 0.228 e. The first-order valence-electron chi connectivity index (χ1n) is 9.03. The van der Waals surface area contributed by atoms with Gasteiger partial charge in [0.25, 0.3) is 0 Å². The summed E-state index contributed by atoms with van der Waals surface area (Å²) in [6.45, 7) is 5.90. The Bertz CT molecular complexity index is 771. The number of pyridine rings is 1. The third-order valence-electron chi connectivity index (χ3n) is 5.10. The molecule has 4 heterocycles. The molecule has 130 valence electrons. The molecule has 0 aliphatic carbocycles. The number of aromatic nitrogens is 3. The average molecular weight is 337 g/mol. The molecule has 0 atom stereocenters. The number of nitrogens with zero attached hydrogens (tertiary/aromatic N) is 5. The van der Waals surface area contributed by atoms with E-state index in [0.717, 1.165) is 48.7 Å². The number of carbonyl (C=O) groups is 1. The first-order chi connectivity index (χ1) is 12.2. The van der Waals surface area contributed by atoms with Crippen molar-refractivity contribution in [3.63, 3.8) is 0 Å². The van der Waals surface area contributed by atoms with E-state index in [0.29, 0.717) is 18.8 Å². The van der Waals surface area contributed by atoms with Crippen molar-refractivity contribution < 1.29 is 4.79 Å². The van der Waals surface area contributed by atoms with Crippen LogP contribution in [0.25, 0.3) is 11.4 Å². The maximum absolute atomic E-state index is 12.6. The summed E-state index contributed by atoms with van der Waals surface area (Å²) in [5.41, 5.74) is 2.95. The van der Waals surface area contributed by atoms with Crippen molar-refractivity contribution in [3.8, 4) is 11.4 Å². The predicted octanol–water partition coefficient (Wildman–Crippen LogP) is 2.22. The highest BCUT2D eigenvalue weighted by Gasteiger charge is 2.28. The van der Waals surface area contributed by atoms with Crippen LogP contribution in [0.4, 0.5) is 5.82 Å². The standard InChI is InChI=1S/C19H23N5O/c1-14-16-6-7-17(25)24(12-11-23-9-2-3-10-23)19(16)22-18(21-14)15-5-4-8-20-13-15/h4-5,8,13H,2-3,6-7,9-12H2,1H3. The summed E-state index contributed by atoms with van der Waals surface area (Å²) in [4.78, 5) is 30.4. The molecule has 6 nitrogen and oxygen atoms in total. The van der Waals surface area contributed by atoms with Crippen molar-refractivity contribution in [1.82, 2.24) is 19.9 Å². The number of hydrogen-bond acceptors (Lipinski definition) is 5. The van der Waals surface area contributed by atoms with Gasteiger partial charge in [-0.2, -0.15) is 0 Å². The van der Waals surface area contributed by atoms with Gasteiger partial charge in [-0.3, -0.25) is 14.7 Å². The molecule has 1 amide bonds. The van der Waals surface area contributed by atoms with E-state index < -0.39 is 0 Å². The number of hydrogen-bond donors (Lipinski definition) is 0. The lowest BCUT2D eigenvalue weighted by molar-refractivity contribution is -0.119. The van der Waals surface area contributed by atoms with Gasteiger partial charge in [0, 0.05) is 48.7 Å². The molecule has 1 fully saturated rings. The van der Waals surface area contributed by atoms with Gasteiger partial charge in [-0.15, -0.1) is 0 Å². The quantitative estimate of drug-likeness (QED) is 0.856. The summed E-state index contributed by atoms with van der Waals surface area (Å²) in [5.74, 6) is 1.61. The van der Waals surface area contributed by atoms with Crippen molar-refractivity contribution in [1.29, 1.82) is 0 Å². The lowest BCUT2D eigenvalue weighted by Crippen LogP contribution is -2.41. The Kier molecular flexibility index (Phi) is 4.44. The molecule has 1 saturated heterocycles. The van der Waals surface area contributed by atoms with E-state index in [-0.39, 0.29) is 5.91 Å². The van der Waals surface area contributed by atoms with Gasteiger partial charge in [0.2, 0.25) is 5.91 Å². The van der Waals surface area contributed by atoms with Crippen molar-refractivity contribution in [2.45, 2.75) is 32.6 Å². The van der Waals surface area contributed by atoms with E-state index in [4.69, 9.17) is 4.98 Å². The number of aryl methyl sites for hydroxylation is 1. The lowest BCUT2D eigenvalue weighted by atomic mass is 10.0. The van der Waals surface area contributed by atoms with Crippen LogP contribution >= 0.6 is 0 Å². The molecular weight excluding hydrogens is 314 g/mol. The number of rotatable bonds is 4. The van der Waals surface area contributed by atoms with Crippen LogP contribution < -0.4 is 4.90 Å². The molecule has 2 aromatic heterocycles. The van der Waals surface area contributed by atoms with E-state index >= 15 is 0 Å². The molecule has 0 unspecified atom stereocenters. The van der Waals surface area contributed by atoms with Crippen LogP contribution in [0.2, 0.25) is 0 Å². The van der Waals surface area contributed by atoms with Crippen molar-refractivity contribution in [3.05, 3.63) is 35.8 Å². The van der Waals surface area contributed by atoms with Crippen LogP contribution in [0.15, 0.2) is 24.5 Å². The fourth-order valence-electron chi connectivity index (χ4n) is 3.68. The molecule has 4 rings (SSSR count). The Morgan fingerprint density at radius 3 is 2.72 bits per heavy atom. The summed E-state index contributed by atoms with van der Waals surface area (Å²) >= 11 is 0. The number of likely N-dealkylation sites (tertiary alicyclic amines) is 1. The van der Waals surface area contributed by atoms with Gasteiger partial charge in [-0.25, -0.2) is 9.97 Å². The predicted molar refractivity (Wildman–Crippen MR) is 96.3 cm³/mol. The van der Waals surface area contributed by atoms with Crippen molar-refractivity contribution >= 4 is 11.7 Å². The molecule has 0 bridgehead atoms. The molecule has 0 radical (unpaired) electrons. The minimum absolute atomic E-state index is 0.168. The monoisotopic (exact) mass is 337 g/mol. The van der Waals surface area contributed by atoms with Gasteiger partial charge in [0.1, 0.15) is 5.82 Å². The van der Waals surface area contributed by atoms with Gasteiger partial charge in [-0.05, 0) is 51.4 Å². The molecule has 0 N–H and O–H groups in total. The summed E-state index contributed by atoms with van der Waals surface area (Å²) in [5, 5.41) is 0. The Morgan fingerprint density at radius 2 is 1.96 bits per heavy atom. The van der Waals surface area contributed by atoms with Crippen LogP contribution in [0.5, 0.6) is 0 Å². The Balaban J connectivity index is 1.66. The van der Waals surface area contributed by atoms with Crippen LogP contribution in [-0.2, 0) is 11.2 Å². The van der Waals surface area contributed by atoms with Crippen LogP contribution in [0.1, 0.15) is 30.5 Å². The molecule has 6 heteroatoms. The highest BCUT2D eigenvalue weighted by atomic mass is 16.2. The zero-order valence-electron chi connectivity index (χ0n) is 14.6. The molecular formula is C19H23N5O. The zero-order valence-corrected chi connectivity index (χ0v) is 14.6. The number of carbonyl (C=O) groups excluding carboxylic acids is 1. The molecule has 2 aliphatic rings. The maximum atomic E-state index is 12.6. The van der Waals surface area contributed by atoms with E-state index in [1.807, 2.05) is 24.0 Å². The van der Waals surface area contributed by atoms with E-state index in [2.05, 4.69) is 14.9 Å². The van der Waals surface area contributed by atoms with Crippen LogP contribution in [0.3, 0.4) is 0 Å². The van der Waals surface area contributed by atoms with Crippen LogP contribution in [-0.4, -0.2) is 51.9 Å². The number of anilines is 1. The SMILES string of the molecule is Cc1nc(-c2cccnc2)nc2c1CCC(=O)N2CCN1CCCC1. The van der Waals surface area contributed by atoms with Crippen molar-refractivity contribution in [2.24, 2.45) is 0 Å². The van der Waals surface area contributed by atoms with Gasteiger partial charge in [0.05, 0.1) is 0 Å². The first kappa shape index (κ1) is 16.1. The summed E-state index contributed by atoms with van der Waals surface area (Å²) in [6, 6.07) is 3.83. The van der Waals surface area contributed by atoms with Crippen LogP contribution in [0, 0.1) is 6.92 Å². The summed E-state index contributed by atoms with van der Waals surface area (Å²) in [7, 11) is 0. The summed E-state index contributed by atoms with van der Waals surface area (Å²) < 4.78 is 0. The fraction of sp³-hybridized carbons (Fsp3) is 0.474. The molecule has 2 aromatic rings. The lowest BCUT2D eigenvalue weighted by Gasteiger charge is -2.30. The third-order valence-corrected chi connectivity index (χ3v) is 5.10. The van der Waals surface area contributed by atoms with E-state index in [1.54, 1.807) is 12.4 Å².